The van der Waals surface area contributed by atoms with E-state index < -0.39 is 0 Å². The van der Waals surface area contributed by atoms with Gasteiger partial charge in [-0.1, -0.05) is 65.3 Å². The SMILES string of the molecule is CC(=O)O[C@H]1CCC2(C)C3CCC4(C)C(CCC4C(C)/C=C/C(C)C(C)C)C3=CC[C@H]2C1. The summed E-state index contributed by atoms with van der Waals surface area (Å²) in [6.07, 6.45) is 17.9. The van der Waals surface area contributed by atoms with E-state index in [1.165, 1.54) is 38.5 Å². The van der Waals surface area contributed by atoms with E-state index in [0.29, 0.717) is 28.6 Å². The minimum atomic E-state index is -0.109. The predicted molar refractivity (Wildman–Crippen MR) is 133 cm³/mol. The van der Waals surface area contributed by atoms with Crippen LogP contribution in [0.5, 0.6) is 0 Å². The Balaban J connectivity index is 1.51. The fourth-order valence-electron chi connectivity index (χ4n) is 8.43. The molecule has 3 fully saturated rings. The van der Waals surface area contributed by atoms with Crippen LogP contribution in [0.3, 0.4) is 0 Å². The number of fused-ring (bicyclic) bond motifs is 5. The van der Waals surface area contributed by atoms with Crippen molar-refractivity contribution in [2.24, 2.45) is 52.3 Å². The molecule has 0 aromatic rings. The molecule has 4 rings (SSSR count). The normalized spacial score (nSPS) is 43.2. The molecule has 0 heterocycles. The van der Waals surface area contributed by atoms with Gasteiger partial charge < -0.3 is 4.74 Å². The average Bonchev–Trinajstić information content (AvgIpc) is 3.08. The highest BCUT2D eigenvalue weighted by atomic mass is 16.5. The van der Waals surface area contributed by atoms with Crippen molar-refractivity contribution in [3.8, 4) is 0 Å². The van der Waals surface area contributed by atoms with Gasteiger partial charge in [-0.05, 0) is 104 Å². The number of allylic oxidation sites excluding steroid dienone is 4. The van der Waals surface area contributed by atoms with Gasteiger partial charge in [-0.2, -0.15) is 0 Å². The van der Waals surface area contributed by atoms with Crippen molar-refractivity contribution < 1.29 is 9.53 Å². The molecule has 2 heteroatoms. The molecule has 0 N–H and O–H groups in total. The smallest absolute Gasteiger partial charge is 0.302 e. The van der Waals surface area contributed by atoms with Crippen LogP contribution in [0.1, 0.15) is 99.8 Å². The molecule has 32 heavy (non-hydrogen) atoms. The van der Waals surface area contributed by atoms with Gasteiger partial charge in [0.05, 0.1) is 0 Å². The van der Waals surface area contributed by atoms with Crippen LogP contribution in [0, 0.1) is 52.3 Å². The Bertz CT molecular complexity index is 763. The van der Waals surface area contributed by atoms with Crippen LogP contribution in [0.15, 0.2) is 23.8 Å². The number of hydrogen-bond acceptors (Lipinski definition) is 2. The third kappa shape index (κ3) is 4.14. The summed E-state index contributed by atoms with van der Waals surface area (Å²) in [6.45, 7) is 16.3. The van der Waals surface area contributed by atoms with Crippen molar-refractivity contribution in [1.82, 2.24) is 0 Å². The molecule has 0 saturated heterocycles. The van der Waals surface area contributed by atoms with Gasteiger partial charge in [0.1, 0.15) is 6.10 Å². The molecule has 0 amide bonds. The van der Waals surface area contributed by atoms with E-state index in [9.17, 15) is 4.79 Å². The van der Waals surface area contributed by atoms with Crippen molar-refractivity contribution in [2.75, 3.05) is 0 Å². The second-order valence-corrected chi connectivity index (χ2v) is 12.8. The van der Waals surface area contributed by atoms with Crippen LogP contribution < -0.4 is 0 Å². The highest BCUT2D eigenvalue weighted by molar-refractivity contribution is 5.66. The van der Waals surface area contributed by atoms with Gasteiger partial charge in [0.15, 0.2) is 0 Å². The number of esters is 1. The Morgan fingerprint density at radius 1 is 1.00 bits per heavy atom. The molecule has 2 nitrogen and oxygen atoms in total. The van der Waals surface area contributed by atoms with Crippen LogP contribution in [0.2, 0.25) is 0 Å². The Morgan fingerprint density at radius 2 is 1.69 bits per heavy atom. The maximum Gasteiger partial charge on any atom is 0.302 e. The number of rotatable bonds is 5. The first-order chi connectivity index (χ1) is 15.1. The van der Waals surface area contributed by atoms with Gasteiger partial charge in [-0.25, -0.2) is 0 Å². The average molecular weight is 441 g/mol. The predicted octanol–water partition coefficient (Wildman–Crippen LogP) is 7.98. The summed E-state index contributed by atoms with van der Waals surface area (Å²) in [4.78, 5) is 11.5. The molecule has 9 atom stereocenters. The molecule has 0 aromatic heterocycles. The van der Waals surface area contributed by atoms with Crippen molar-refractivity contribution in [3.05, 3.63) is 23.8 Å². The van der Waals surface area contributed by atoms with E-state index in [1.807, 2.05) is 5.57 Å². The van der Waals surface area contributed by atoms with Gasteiger partial charge in [-0.3, -0.25) is 4.79 Å². The summed E-state index contributed by atoms with van der Waals surface area (Å²) in [6, 6.07) is 0. The second kappa shape index (κ2) is 8.95. The number of ether oxygens (including phenoxy) is 1. The zero-order valence-corrected chi connectivity index (χ0v) is 21.8. The summed E-state index contributed by atoms with van der Waals surface area (Å²) >= 11 is 0. The highest BCUT2D eigenvalue weighted by Gasteiger charge is 2.58. The van der Waals surface area contributed by atoms with E-state index in [1.54, 1.807) is 6.92 Å². The van der Waals surface area contributed by atoms with E-state index in [2.05, 4.69) is 59.8 Å². The molecule has 180 valence electrons. The van der Waals surface area contributed by atoms with Crippen LogP contribution in [0.25, 0.3) is 0 Å². The zero-order valence-electron chi connectivity index (χ0n) is 21.8. The zero-order chi connectivity index (χ0) is 23.3. The van der Waals surface area contributed by atoms with Crippen molar-refractivity contribution in [2.45, 2.75) is 106 Å². The van der Waals surface area contributed by atoms with Crippen LogP contribution >= 0.6 is 0 Å². The molecule has 4 aliphatic carbocycles. The van der Waals surface area contributed by atoms with Gasteiger partial charge >= 0.3 is 5.97 Å². The Hall–Kier alpha value is -1.05. The molecule has 0 aromatic carbocycles. The Morgan fingerprint density at radius 3 is 2.38 bits per heavy atom. The number of carbonyl (C=O) groups excluding carboxylic acids is 1. The topological polar surface area (TPSA) is 26.3 Å². The lowest BCUT2D eigenvalue weighted by molar-refractivity contribution is -0.152. The van der Waals surface area contributed by atoms with E-state index >= 15 is 0 Å². The Labute approximate surface area is 197 Å². The van der Waals surface area contributed by atoms with Gasteiger partial charge in [0.2, 0.25) is 0 Å². The lowest BCUT2D eigenvalue weighted by Crippen LogP contribution is -2.50. The summed E-state index contributed by atoms with van der Waals surface area (Å²) in [5.74, 6) is 4.98. The van der Waals surface area contributed by atoms with E-state index in [-0.39, 0.29) is 12.1 Å². The van der Waals surface area contributed by atoms with Gasteiger partial charge in [0, 0.05) is 6.92 Å². The van der Waals surface area contributed by atoms with E-state index in [4.69, 9.17) is 4.74 Å². The van der Waals surface area contributed by atoms with Crippen molar-refractivity contribution in [3.63, 3.8) is 0 Å². The molecular formula is C30H48O2. The molecule has 0 aliphatic heterocycles. The highest BCUT2D eigenvalue weighted by Crippen LogP contribution is 2.66. The first kappa shape index (κ1) is 24.1. The van der Waals surface area contributed by atoms with Crippen molar-refractivity contribution in [1.29, 1.82) is 0 Å². The Kier molecular flexibility index (Phi) is 6.74. The number of carbonyl (C=O) groups is 1. The fraction of sp³-hybridized carbons (Fsp3) is 0.833. The largest absolute Gasteiger partial charge is 0.463 e. The summed E-state index contributed by atoms with van der Waals surface area (Å²) in [5, 5.41) is 0. The fourth-order valence-corrected chi connectivity index (χ4v) is 8.43. The van der Waals surface area contributed by atoms with Crippen LogP contribution in [0.4, 0.5) is 0 Å². The third-order valence-corrected chi connectivity index (χ3v) is 10.8. The maximum atomic E-state index is 11.5. The molecule has 0 bridgehead atoms. The molecule has 0 radical (unpaired) electrons. The summed E-state index contributed by atoms with van der Waals surface area (Å²) < 4.78 is 5.64. The lowest BCUT2D eigenvalue weighted by atomic mass is 9.47. The molecule has 0 spiro atoms. The monoisotopic (exact) mass is 440 g/mol. The van der Waals surface area contributed by atoms with Gasteiger partial charge in [0.25, 0.3) is 0 Å². The molecule has 4 aliphatic rings. The summed E-state index contributed by atoms with van der Waals surface area (Å²) in [7, 11) is 0. The minimum Gasteiger partial charge on any atom is -0.463 e. The third-order valence-electron chi connectivity index (χ3n) is 10.8. The van der Waals surface area contributed by atoms with Crippen molar-refractivity contribution >= 4 is 5.97 Å². The van der Waals surface area contributed by atoms with E-state index in [0.717, 1.165) is 36.5 Å². The standard InChI is InChI=1S/C30H48O2/c1-19(2)20(3)8-9-21(4)26-12-13-27-25-11-10-23-18-24(32-22(5)31)14-16-29(23,6)28(25)15-17-30(26,27)7/h8-9,11,19-21,23-24,26-28H,10,12-18H2,1-7H3/b9-8+/t20?,21?,23-,24-,26?,27?,28?,29?,30?/m0/s1. The quantitative estimate of drug-likeness (QED) is 0.320. The van der Waals surface area contributed by atoms with Crippen LogP contribution in [-0.2, 0) is 9.53 Å². The number of hydrogen-bond donors (Lipinski definition) is 0. The van der Waals surface area contributed by atoms with Gasteiger partial charge in [-0.15, -0.1) is 0 Å². The first-order valence-electron chi connectivity index (χ1n) is 13.6. The summed E-state index contributed by atoms with van der Waals surface area (Å²) in [5.41, 5.74) is 2.70. The second-order valence-electron chi connectivity index (χ2n) is 12.8. The maximum absolute atomic E-state index is 11.5. The molecule has 3 saturated carbocycles. The molecular weight excluding hydrogens is 392 g/mol. The van der Waals surface area contributed by atoms with Crippen LogP contribution in [-0.4, -0.2) is 12.1 Å². The molecule has 7 unspecified atom stereocenters. The lowest BCUT2D eigenvalue weighted by Gasteiger charge is -2.58. The first-order valence-corrected chi connectivity index (χ1v) is 13.6. The minimum absolute atomic E-state index is 0.109.